The van der Waals surface area contributed by atoms with Gasteiger partial charge in [-0.2, -0.15) is 13.2 Å². The molecule has 0 unspecified atom stereocenters. The van der Waals surface area contributed by atoms with Crippen LogP contribution in [0.1, 0.15) is 47.0 Å². The van der Waals surface area contributed by atoms with Crippen LogP contribution in [-0.4, -0.2) is 26.9 Å². The highest BCUT2D eigenvalue weighted by Crippen LogP contribution is 2.36. The maximum Gasteiger partial charge on any atom is 0.417 e. The predicted octanol–water partition coefficient (Wildman–Crippen LogP) is 4.85. The lowest BCUT2D eigenvalue weighted by Crippen LogP contribution is -2.38. The SMILES string of the molecule is CC.Cc1nc2n(c1C)CCN(C(=O)c1cccc(C(F)(F)F)c1Cl)C2. The van der Waals surface area contributed by atoms with E-state index < -0.39 is 22.7 Å². The Morgan fingerprint density at radius 3 is 2.46 bits per heavy atom. The van der Waals surface area contributed by atoms with E-state index in [1.165, 1.54) is 17.0 Å². The molecule has 2 heterocycles. The molecule has 0 aliphatic carbocycles. The maximum absolute atomic E-state index is 13.0. The Bertz CT molecular complexity index is 815. The second-order valence-electron chi connectivity index (χ2n) is 5.74. The zero-order chi connectivity index (χ0) is 19.6. The number of aromatic nitrogens is 2. The fraction of sp³-hybridized carbons (Fsp3) is 0.444. The van der Waals surface area contributed by atoms with E-state index in [9.17, 15) is 18.0 Å². The second-order valence-corrected chi connectivity index (χ2v) is 6.12. The largest absolute Gasteiger partial charge is 0.417 e. The van der Waals surface area contributed by atoms with Crippen LogP contribution in [0.5, 0.6) is 0 Å². The van der Waals surface area contributed by atoms with Gasteiger partial charge in [-0.15, -0.1) is 0 Å². The number of alkyl halides is 3. The number of hydrogen-bond donors (Lipinski definition) is 0. The summed E-state index contributed by atoms with van der Waals surface area (Å²) in [6.07, 6.45) is -4.60. The Morgan fingerprint density at radius 1 is 1.19 bits per heavy atom. The number of rotatable bonds is 1. The van der Waals surface area contributed by atoms with Gasteiger partial charge in [-0.3, -0.25) is 4.79 Å². The molecule has 26 heavy (non-hydrogen) atoms. The van der Waals surface area contributed by atoms with Gasteiger partial charge in [0.1, 0.15) is 5.82 Å². The zero-order valence-corrected chi connectivity index (χ0v) is 15.9. The number of benzene rings is 1. The van der Waals surface area contributed by atoms with Gasteiger partial charge in [-0.25, -0.2) is 4.98 Å². The molecule has 1 aromatic carbocycles. The summed E-state index contributed by atoms with van der Waals surface area (Å²) in [5, 5.41) is -0.559. The molecule has 3 rings (SSSR count). The lowest BCUT2D eigenvalue weighted by molar-refractivity contribution is -0.137. The minimum absolute atomic E-state index is 0.139. The van der Waals surface area contributed by atoms with E-state index in [-0.39, 0.29) is 12.1 Å². The lowest BCUT2D eigenvalue weighted by Gasteiger charge is -2.29. The van der Waals surface area contributed by atoms with Gasteiger partial charge >= 0.3 is 6.18 Å². The van der Waals surface area contributed by atoms with Gasteiger partial charge in [-0.05, 0) is 26.0 Å². The van der Waals surface area contributed by atoms with E-state index in [0.717, 1.165) is 23.3 Å². The van der Waals surface area contributed by atoms with Crippen LogP contribution in [0.2, 0.25) is 5.02 Å². The molecule has 142 valence electrons. The molecule has 0 radical (unpaired) electrons. The molecular weight excluding hydrogens is 367 g/mol. The topological polar surface area (TPSA) is 38.1 Å². The van der Waals surface area contributed by atoms with Crippen LogP contribution in [0.3, 0.4) is 0 Å². The molecule has 1 aliphatic heterocycles. The summed E-state index contributed by atoms with van der Waals surface area (Å²) in [7, 11) is 0. The Kier molecular flexibility index (Phi) is 6.01. The average molecular weight is 388 g/mol. The molecule has 8 heteroatoms. The number of aryl methyl sites for hydroxylation is 1. The third kappa shape index (κ3) is 3.72. The van der Waals surface area contributed by atoms with Gasteiger partial charge in [-0.1, -0.05) is 31.5 Å². The van der Waals surface area contributed by atoms with E-state index in [1.807, 2.05) is 32.3 Å². The van der Waals surface area contributed by atoms with Crippen LogP contribution in [0.4, 0.5) is 13.2 Å². The van der Waals surface area contributed by atoms with E-state index >= 15 is 0 Å². The third-order valence-electron chi connectivity index (χ3n) is 4.28. The van der Waals surface area contributed by atoms with Gasteiger partial charge < -0.3 is 9.47 Å². The van der Waals surface area contributed by atoms with Gasteiger partial charge in [0.05, 0.1) is 28.4 Å². The van der Waals surface area contributed by atoms with Crippen molar-refractivity contribution in [2.45, 2.75) is 47.0 Å². The lowest BCUT2D eigenvalue weighted by atomic mass is 10.1. The first kappa shape index (κ1) is 20.3. The van der Waals surface area contributed by atoms with Crippen molar-refractivity contribution in [1.29, 1.82) is 0 Å². The van der Waals surface area contributed by atoms with E-state index in [2.05, 4.69) is 4.98 Å². The normalized spacial score (nSPS) is 13.8. The Balaban J connectivity index is 0.00000117. The molecule has 0 N–H and O–H groups in total. The van der Waals surface area contributed by atoms with E-state index in [4.69, 9.17) is 11.6 Å². The Labute approximate surface area is 155 Å². The van der Waals surface area contributed by atoms with Crippen molar-refractivity contribution in [2.75, 3.05) is 6.54 Å². The van der Waals surface area contributed by atoms with Crippen molar-refractivity contribution < 1.29 is 18.0 Å². The van der Waals surface area contributed by atoms with Crippen molar-refractivity contribution in [1.82, 2.24) is 14.5 Å². The number of carbonyl (C=O) groups is 1. The van der Waals surface area contributed by atoms with Gasteiger partial charge in [0.25, 0.3) is 5.91 Å². The highest BCUT2D eigenvalue weighted by Gasteiger charge is 2.35. The Hall–Kier alpha value is -2.02. The molecule has 0 spiro atoms. The zero-order valence-electron chi connectivity index (χ0n) is 15.1. The van der Waals surface area contributed by atoms with Gasteiger partial charge in [0.15, 0.2) is 0 Å². The number of nitrogens with zero attached hydrogens (tertiary/aromatic N) is 3. The molecule has 1 aliphatic rings. The molecule has 0 atom stereocenters. The standard InChI is InChI=1S/C16H15ClF3N3O.C2H6/c1-9-10(2)23-7-6-22(8-13(23)21-9)15(24)11-4-3-5-12(14(11)17)16(18,19)20;1-2/h3-5H,6-8H2,1-2H3;1-2H3. The number of carbonyl (C=O) groups excluding carboxylic acids is 1. The minimum Gasteiger partial charge on any atom is -0.329 e. The summed E-state index contributed by atoms with van der Waals surface area (Å²) < 4.78 is 40.9. The molecule has 0 bridgehead atoms. The minimum atomic E-state index is -4.60. The van der Waals surface area contributed by atoms with Crippen molar-refractivity contribution in [3.8, 4) is 0 Å². The summed E-state index contributed by atoms with van der Waals surface area (Å²) in [6.45, 7) is 9.04. The molecule has 4 nitrogen and oxygen atoms in total. The average Bonchev–Trinajstić information content (AvgIpc) is 2.89. The third-order valence-corrected chi connectivity index (χ3v) is 4.69. The smallest absolute Gasteiger partial charge is 0.329 e. The maximum atomic E-state index is 13.0. The molecule has 0 saturated heterocycles. The van der Waals surface area contributed by atoms with Crippen LogP contribution in [0, 0.1) is 13.8 Å². The second kappa shape index (κ2) is 7.70. The van der Waals surface area contributed by atoms with Crippen LogP contribution < -0.4 is 0 Å². The van der Waals surface area contributed by atoms with Gasteiger partial charge in [0.2, 0.25) is 0 Å². The molecule has 1 aromatic heterocycles. The number of fused-ring (bicyclic) bond motifs is 1. The summed E-state index contributed by atoms with van der Waals surface area (Å²) >= 11 is 5.85. The van der Waals surface area contributed by atoms with Crippen LogP contribution in [-0.2, 0) is 19.3 Å². The highest BCUT2D eigenvalue weighted by atomic mass is 35.5. The fourth-order valence-corrected chi connectivity index (χ4v) is 3.19. The Morgan fingerprint density at radius 2 is 1.85 bits per heavy atom. The van der Waals surface area contributed by atoms with Crippen molar-refractivity contribution >= 4 is 17.5 Å². The molecule has 2 aromatic rings. The van der Waals surface area contributed by atoms with E-state index in [1.54, 1.807) is 0 Å². The first-order chi connectivity index (χ1) is 12.2. The molecule has 1 amide bonds. The fourth-order valence-electron chi connectivity index (χ4n) is 2.87. The van der Waals surface area contributed by atoms with Crippen LogP contribution >= 0.6 is 11.6 Å². The molecule has 0 fully saturated rings. The summed E-state index contributed by atoms with van der Waals surface area (Å²) in [5.74, 6) is 0.211. The number of halogens is 4. The number of amides is 1. The predicted molar refractivity (Wildman–Crippen MR) is 94.2 cm³/mol. The number of hydrogen-bond acceptors (Lipinski definition) is 2. The number of imidazole rings is 1. The summed E-state index contributed by atoms with van der Waals surface area (Å²) in [5.41, 5.74) is 0.783. The van der Waals surface area contributed by atoms with Crippen molar-refractivity contribution in [2.24, 2.45) is 0 Å². The molecular formula is C18H21ClF3N3O. The van der Waals surface area contributed by atoms with Crippen LogP contribution in [0.25, 0.3) is 0 Å². The summed E-state index contributed by atoms with van der Waals surface area (Å²) in [4.78, 5) is 18.5. The first-order valence-corrected chi connectivity index (χ1v) is 8.75. The summed E-state index contributed by atoms with van der Waals surface area (Å²) in [6, 6.07) is 3.38. The highest BCUT2D eigenvalue weighted by molar-refractivity contribution is 6.34. The van der Waals surface area contributed by atoms with Crippen LogP contribution in [0.15, 0.2) is 18.2 Å². The van der Waals surface area contributed by atoms with Crippen molar-refractivity contribution in [3.63, 3.8) is 0 Å². The van der Waals surface area contributed by atoms with Gasteiger partial charge in [0, 0.05) is 18.8 Å². The first-order valence-electron chi connectivity index (χ1n) is 8.37. The quantitative estimate of drug-likeness (QED) is 0.701. The van der Waals surface area contributed by atoms with Crippen molar-refractivity contribution in [3.05, 3.63) is 51.6 Å². The molecule has 0 saturated carbocycles. The monoisotopic (exact) mass is 387 g/mol. The van der Waals surface area contributed by atoms with E-state index in [0.29, 0.717) is 13.1 Å².